The van der Waals surface area contributed by atoms with Crippen molar-refractivity contribution in [3.63, 3.8) is 0 Å². The lowest BCUT2D eigenvalue weighted by atomic mass is 9.74. The minimum Gasteiger partial charge on any atom is -0.468 e. The molecule has 0 unspecified atom stereocenters. The van der Waals surface area contributed by atoms with Gasteiger partial charge in [0.25, 0.3) is 0 Å². The standard InChI is InChI=1S/C14H21NO2/c16-11-9-12(13-5-4-8-17-13)15-14(10-11)6-2-1-3-7-14/h4-5,8,11-12,15-16H,1-3,6-7,9-10H2/t11-,12+/m0/s1. The molecule has 3 nitrogen and oxygen atoms in total. The first-order valence-electron chi connectivity index (χ1n) is 6.77. The highest BCUT2D eigenvalue weighted by Crippen LogP contribution is 2.39. The molecule has 1 aromatic rings. The summed E-state index contributed by atoms with van der Waals surface area (Å²) >= 11 is 0. The minimum atomic E-state index is -0.190. The molecule has 2 aliphatic rings. The van der Waals surface area contributed by atoms with Crippen molar-refractivity contribution < 1.29 is 9.52 Å². The second kappa shape index (κ2) is 4.46. The maximum Gasteiger partial charge on any atom is 0.120 e. The summed E-state index contributed by atoms with van der Waals surface area (Å²) < 4.78 is 5.48. The Bertz CT molecular complexity index is 354. The van der Waals surface area contributed by atoms with Gasteiger partial charge < -0.3 is 14.8 Å². The number of furan rings is 1. The van der Waals surface area contributed by atoms with Gasteiger partial charge in [0.15, 0.2) is 0 Å². The van der Waals surface area contributed by atoms with E-state index < -0.39 is 0 Å². The first kappa shape index (κ1) is 11.3. The third-order valence-corrected chi connectivity index (χ3v) is 4.31. The van der Waals surface area contributed by atoms with E-state index in [0.717, 1.165) is 18.6 Å². The van der Waals surface area contributed by atoms with Gasteiger partial charge in [-0.05, 0) is 37.8 Å². The van der Waals surface area contributed by atoms with Crippen LogP contribution in [0.4, 0.5) is 0 Å². The zero-order valence-corrected chi connectivity index (χ0v) is 10.2. The van der Waals surface area contributed by atoms with Gasteiger partial charge in [0.05, 0.1) is 18.4 Å². The molecule has 1 aliphatic carbocycles. The SMILES string of the molecule is O[C@H]1C[C@H](c2ccco2)NC2(CCCCC2)C1. The fourth-order valence-electron chi connectivity index (χ4n) is 3.55. The van der Waals surface area contributed by atoms with Gasteiger partial charge in [-0.15, -0.1) is 0 Å². The lowest BCUT2D eigenvalue weighted by Crippen LogP contribution is -2.54. The molecule has 3 heteroatoms. The van der Waals surface area contributed by atoms with Crippen LogP contribution in [0, 0.1) is 0 Å². The molecule has 1 aliphatic heterocycles. The van der Waals surface area contributed by atoms with Crippen LogP contribution in [0.2, 0.25) is 0 Å². The van der Waals surface area contributed by atoms with Crippen LogP contribution in [0.1, 0.15) is 56.7 Å². The fourth-order valence-corrected chi connectivity index (χ4v) is 3.55. The largest absolute Gasteiger partial charge is 0.468 e. The van der Waals surface area contributed by atoms with Crippen molar-refractivity contribution in [2.24, 2.45) is 0 Å². The molecule has 1 saturated carbocycles. The lowest BCUT2D eigenvalue weighted by molar-refractivity contribution is 0.0299. The highest BCUT2D eigenvalue weighted by Gasteiger charge is 2.41. The van der Waals surface area contributed by atoms with Gasteiger partial charge in [-0.2, -0.15) is 0 Å². The normalized spacial score (nSPS) is 32.8. The van der Waals surface area contributed by atoms with Crippen LogP contribution in [-0.2, 0) is 0 Å². The van der Waals surface area contributed by atoms with Crippen molar-refractivity contribution in [3.8, 4) is 0 Å². The number of hydrogen-bond acceptors (Lipinski definition) is 3. The van der Waals surface area contributed by atoms with E-state index in [4.69, 9.17) is 4.42 Å². The van der Waals surface area contributed by atoms with Crippen molar-refractivity contribution >= 4 is 0 Å². The summed E-state index contributed by atoms with van der Waals surface area (Å²) in [6, 6.07) is 4.12. The molecule has 0 radical (unpaired) electrons. The molecule has 2 atom stereocenters. The molecule has 3 rings (SSSR count). The average molecular weight is 235 g/mol. The summed E-state index contributed by atoms with van der Waals surface area (Å²) in [5.41, 5.74) is 0.160. The zero-order valence-electron chi connectivity index (χ0n) is 10.2. The van der Waals surface area contributed by atoms with E-state index in [0.29, 0.717) is 0 Å². The van der Waals surface area contributed by atoms with Gasteiger partial charge in [-0.3, -0.25) is 0 Å². The predicted molar refractivity (Wildman–Crippen MR) is 65.6 cm³/mol. The maximum absolute atomic E-state index is 10.1. The van der Waals surface area contributed by atoms with Crippen LogP contribution < -0.4 is 5.32 Å². The van der Waals surface area contributed by atoms with Gasteiger partial charge in [0.1, 0.15) is 5.76 Å². The molecule has 1 saturated heterocycles. The van der Waals surface area contributed by atoms with Crippen molar-refractivity contribution in [1.29, 1.82) is 0 Å². The molecule has 1 aromatic heterocycles. The van der Waals surface area contributed by atoms with E-state index in [1.807, 2.05) is 12.1 Å². The summed E-state index contributed by atoms with van der Waals surface area (Å²) in [6.45, 7) is 0. The van der Waals surface area contributed by atoms with Crippen LogP contribution in [0.25, 0.3) is 0 Å². The first-order valence-corrected chi connectivity index (χ1v) is 6.77. The number of rotatable bonds is 1. The first-order chi connectivity index (χ1) is 8.27. The van der Waals surface area contributed by atoms with Gasteiger partial charge in [0, 0.05) is 5.54 Å². The monoisotopic (exact) mass is 235 g/mol. The Morgan fingerprint density at radius 3 is 2.82 bits per heavy atom. The van der Waals surface area contributed by atoms with Crippen molar-refractivity contribution in [2.75, 3.05) is 0 Å². The Hall–Kier alpha value is -0.800. The van der Waals surface area contributed by atoms with Crippen molar-refractivity contribution in [2.45, 2.75) is 62.6 Å². The van der Waals surface area contributed by atoms with E-state index in [9.17, 15) is 5.11 Å². The molecular weight excluding hydrogens is 214 g/mol. The molecule has 0 amide bonds. The molecule has 0 aromatic carbocycles. The fraction of sp³-hybridized carbons (Fsp3) is 0.714. The molecule has 2 fully saturated rings. The third-order valence-electron chi connectivity index (χ3n) is 4.31. The maximum atomic E-state index is 10.1. The predicted octanol–water partition coefficient (Wildman–Crippen LogP) is 2.77. The summed E-state index contributed by atoms with van der Waals surface area (Å²) in [5, 5.41) is 13.9. The summed E-state index contributed by atoms with van der Waals surface area (Å²) in [4.78, 5) is 0. The molecule has 2 N–H and O–H groups in total. The Labute approximate surface area is 102 Å². The smallest absolute Gasteiger partial charge is 0.120 e. The number of aliphatic hydroxyl groups is 1. The number of nitrogens with one attached hydrogen (secondary N) is 1. The van der Waals surface area contributed by atoms with Gasteiger partial charge in [0.2, 0.25) is 0 Å². The van der Waals surface area contributed by atoms with Crippen LogP contribution in [0.5, 0.6) is 0 Å². The molecule has 94 valence electrons. The highest BCUT2D eigenvalue weighted by molar-refractivity contribution is 5.10. The van der Waals surface area contributed by atoms with Gasteiger partial charge >= 0.3 is 0 Å². The van der Waals surface area contributed by atoms with Crippen LogP contribution in [0.3, 0.4) is 0 Å². The summed E-state index contributed by atoms with van der Waals surface area (Å²) in [6.07, 6.45) is 9.50. The van der Waals surface area contributed by atoms with E-state index in [2.05, 4.69) is 5.32 Å². The molecule has 0 bridgehead atoms. The van der Waals surface area contributed by atoms with Crippen LogP contribution in [0.15, 0.2) is 22.8 Å². The quantitative estimate of drug-likeness (QED) is 0.786. The lowest BCUT2D eigenvalue weighted by Gasteiger charge is -2.46. The van der Waals surface area contributed by atoms with Crippen molar-refractivity contribution in [1.82, 2.24) is 5.32 Å². The summed E-state index contributed by atoms with van der Waals surface area (Å²) in [5.74, 6) is 0.966. The second-order valence-electron chi connectivity index (χ2n) is 5.65. The molecule has 1 spiro atoms. The van der Waals surface area contributed by atoms with Crippen LogP contribution >= 0.6 is 0 Å². The van der Waals surface area contributed by atoms with E-state index >= 15 is 0 Å². The van der Waals surface area contributed by atoms with E-state index in [-0.39, 0.29) is 17.7 Å². The Balaban J connectivity index is 1.79. The average Bonchev–Trinajstić information content (AvgIpc) is 2.82. The summed E-state index contributed by atoms with van der Waals surface area (Å²) in [7, 11) is 0. The second-order valence-corrected chi connectivity index (χ2v) is 5.65. The van der Waals surface area contributed by atoms with Crippen LogP contribution in [-0.4, -0.2) is 16.7 Å². The number of hydrogen-bond donors (Lipinski definition) is 2. The van der Waals surface area contributed by atoms with Gasteiger partial charge in [-0.1, -0.05) is 19.3 Å². The number of piperidine rings is 1. The Morgan fingerprint density at radius 1 is 1.29 bits per heavy atom. The third kappa shape index (κ3) is 2.26. The zero-order chi connectivity index (χ0) is 11.7. The number of aliphatic hydroxyl groups excluding tert-OH is 1. The van der Waals surface area contributed by atoms with E-state index in [1.165, 1.54) is 32.1 Å². The molecular formula is C14H21NO2. The topological polar surface area (TPSA) is 45.4 Å². The van der Waals surface area contributed by atoms with Crippen molar-refractivity contribution in [3.05, 3.63) is 24.2 Å². The molecule has 2 heterocycles. The highest BCUT2D eigenvalue weighted by atomic mass is 16.3. The van der Waals surface area contributed by atoms with Gasteiger partial charge in [-0.25, -0.2) is 0 Å². The van der Waals surface area contributed by atoms with E-state index in [1.54, 1.807) is 6.26 Å². The molecule has 17 heavy (non-hydrogen) atoms. The minimum absolute atomic E-state index is 0.160. The Morgan fingerprint density at radius 2 is 2.12 bits per heavy atom. The Kier molecular flexibility index (Phi) is 2.97.